The maximum atomic E-state index is 15.0. The van der Waals surface area contributed by atoms with Crippen molar-refractivity contribution < 1.29 is 52.3 Å². The molecule has 1 N–H and O–H groups in total. The van der Waals surface area contributed by atoms with Gasteiger partial charge in [-0.1, -0.05) is 26.0 Å². The van der Waals surface area contributed by atoms with Crippen LogP contribution < -0.4 is 10.1 Å². The number of hydrogen-bond acceptors (Lipinski definition) is 11. The third kappa shape index (κ3) is 9.19. The highest BCUT2D eigenvalue weighted by Gasteiger charge is 2.68. The van der Waals surface area contributed by atoms with E-state index in [-0.39, 0.29) is 67.8 Å². The van der Waals surface area contributed by atoms with Crippen LogP contribution in [0.15, 0.2) is 18.2 Å². The number of para-hydroxylation sites is 1. The van der Waals surface area contributed by atoms with E-state index in [0.29, 0.717) is 36.6 Å². The van der Waals surface area contributed by atoms with Gasteiger partial charge in [-0.2, -0.15) is 0 Å². The Kier molecular flexibility index (Phi) is 12.8. The average molecular weight is 837 g/mol. The standard InChI is InChI=1S/C44H65BN4O11/c1-12-47-20-21-49(37(52)36(47)51)39(54)46-34(26-16-18-48(19-17-26)40(55)58-42(5,6)7)31(50)25-29(45-59-33-24-28-23-32(43(28,8)9)44(33,10)60-45)22-27-14-13-15-30(35(27)56-11)38(53)57-41(2,3)4/h13-15,26,28-29,32-34H,12,16-25H2,1-11H3,(H,46,54)/t28-,29+,32-,33+,34?,44-/m0/s1. The molecule has 1 aromatic carbocycles. The molecule has 7 rings (SSSR count). The zero-order valence-electron chi connectivity index (χ0n) is 37.4. The monoisotopic (exact) mass is 836 g/mol. The quantitative estimate of drug-likeness (QED) is 0.166. The van der Waals surface area contributed by atoms with E-state index in [2.05, 4.69) is 26.1 Å². The third-order valence-electron chi connectivity index (χ3n) is 13.4. The van der Waals surface area contributed by atoms with Crippen LogP contribution in [0.3, 0.4) is 0 Å². The number of methoxy groups -OCH3 is 1. The number of nitrogens with one attached hydrogen (secondary N) is 1. The van der Waals surface area contributed by atoms with Gasteiger partial charge < -0.3 is 38.6 Å². The molecule has 16 heteroatoms. The van der Waals surface area contributed by atoms with Crippen LogP contribution in [0.4, 0.5) is 9.59 Å². The van der Waals surface area contributed by atoms with E-state index < -0.39 is 71.6 Å². The number of imide groups is 1. The van der Waals surface area contributed by atoms with E-state index >= 15 is 4.79 Å². The number of esters is 1. The number of carbonyl (C=O) groups is 6. The van der Waals surface area contributed by atoms with Gasteiger partial charge in [-0.25, -0.2) is 14.4 Å². The number of likely N-dealkylation sites (N-methyl/N-ethyl adjacent to an activating group) is 1. The summed E-state index contributed by atoms with van der Waals surface area (Å²) in [7, 11) is 0.683. The zero-order chi connectivity index (χ0) is 44.1. The van der Waals surface area contributed by atoms with E-state index in [1.54, 1.807) is 65.5 Å². The molecule has 2 bridgehead atoms. The molecule has 60 heavy (non-hydrogen) atoms. The van der Waals surface area contributed by atoms with Crippen molar-refractivity contribution in [3.8, 4) is 5.75 Å². The van der Waals surface area contributed by atoms with Crippen LogP contribution in [0, 0.1) is 23.2 Å². The lowest BCUT2D eigenvalue weighted by atomic mass is 9.43. The number of amides is 5. The lowest BCUT2D eigenvalue weighted by molar-refractivity contribution is -0.199. The van der Waals surface area contributed by atoms with Crippen LogP contribution in [0.5, 0.6) is 5.75 Å². The summed E-state index contributed by atoms with van der Waals surface area (Å²) in [6.07, 6.45) is 2.11. The van der Waals surface area contributed by atoms with Crippen molar-refractivity contribution in [3.05, 3.63) is 29.3 Å². The normalized spacial score (nSPS) is 26.5. The summed E-state index contributed by atoms with van der Waals surface area (Å²) in [5, 5.41) is 2.88. The Morgan fingerprint density at radius 3 is 2.20 bits per heavy atom. The molecule has 1 aromatic rings. The molecular formula is C44H65BN4O11. The number of ether oxygens (including phenoxy) is 3. The number of piperidine rings is 1. The van der Waals surface area contributed by atoms with E-state index in [4.69, 9.17) is 23.5 Å². The smallest absolute Gasteiger partial charge is 0.461 e. The van der Waals surface area contributed by atoms with Crippen molar-refractivity contribution in [2.24, 2.45) is 23.2 Å². The summed E-state index contributed by atoms with van der Waals surface area (Å²) in [5.74, 6) is -2.52. The maximum absolute atomic E-state index is 15.0. The first kappa shape index (κ1) is 45.4. The number of piperazine rings is 1. The van der Waals surface area contributed by atoms with Gasteiger partial charge in [-0.3, -0.25) is 19.3 Å². The lowest BCUT2D eigenvalue weighted by Gasteiger charge is -2.64. The van der Waals surface area contributed by atoms with Gasteiger partial charge in [0.05, 0.1) is 24.9 Å². The predicted molar refractivity (Wildman–Crippen MR) is 222 cm³/mol. The Labute approximate surface area is 355 Å². The Balaban J connectivity index is 1.31. The van der Waals surface area contributed by atoms with Gasteiger partial charge in [0.15, 0.2) is 5.78 Å². The molecule has 3 saturated carbocycles. The molecule has 330 valence electrons. The minimum Gasteiger partial charge on any atom is -0.496 e. The highest BCUT2D eigenvalue weighted by molar-refractivity contribution is 6.48. The van der Waals surface area contributed by atoms with Gasteiger partial charge in [-0.05, 0) is 122 Å². The molecule has 0 aromatic heterocycles. The number of hydrogen-bond donors (Lipinski definition) is 1. The minimum absolute atomic E-state index is 0.0130. The second-order valence-electron chi connectivity index (χ2n) is 20.0. The van der Waals surface area contributed by atoms with Gasteiger partial charge in [0.25, 0.3) is 0 Å². The molecule has 15 nitrogen and oxygen atoms in total. The first-order chi connectivity index (χ1) is 28.0. The molecule has 6 fully saturated rings. The van der Waals surface area contributed by atoms with Crippen molar-refractivity contribution in [1.29, 1.82) is 0 Å². The van der Waals surface area contributed by atoms with E-state index in [9.17, 15) is 24.0 Å². The fraction of sp³-hybridized carbons (Fsp3) is 0.727. The molecule has 1 unspecified atom stereocenters. The fourth-order valence-corrected chi connectivity index (χ4v) is 10.1. The van der Waals surface area contributed by atoms with E-state index in [1.165, 1.54) is 12.0 Å². The second-order valence-corrected chi connectivity index (χ2v) is 20.0. The van der Waals surface area contributed by atoms with Gasteiger partial charge in [0.1, 0.15) is 22.5 Å². The minimum atomic E-state index is -1.08. The number of benzene rings is 1. The average Bonchev–Trinajstić information content (AvgIpc) is 3.53. The number of urea groups is 1. The molecular weight excluding hydrogens is 771 g/mol. The largest absolute Gasteiger partial charge is 0.496 e. The maximum Gasteiger partial charge on any atom is 0.461 e. The topological polar surface area (TPSA) is 170 Å². The molecule has 3 heterocycles. The summed E-state index contributed by atoms with van der Waals surface area (Å²) < 4.78 is 31.0. The predicted octanol–water partition coefficient (Wildman–Crippen LogP) is 5.67. The van der Waals surface area contributed by atoms with Gasteiger partial charge in [0, 0.05) is 45.0 Å². The summed E-state index contributed by atoms with van der Waals surface area (Å²) in [6.45, 7) is 20.3. The highest BCUT2D eigenvalue weighted by atomic mass is 16.7. The Bertz CT molecular complexity index is 1850. The Morgan fingerprint density at radius 2 is 1.60 bits per heavy atom. The van der Waals surface area contributed by atoms with Crippen molar-refractivity contribution in [2.45, 2.75) is 143 Å². The van der Waals surface area contributed by atoms with E-state index in [0.717, 1.165) is 17.7 Å². The zero-order valence-corrected chi connectivity index (χ0v) is 37.4. The molecule has 6 atom stereocenters. The van der Waals surface area contributed by atoms with Gasteiger partial charge in [0.2, 0.25) is 0 Å². The van der Waals surface area contributed by atoms with Crippen molar-refractivity contribution in [2.75, 3.05) is 39.8 Å². The number of ketones is 1. The number of carbonyl (C=O) groups excluding carboxylic acids is 6. The Hall–Kier alpha value is -4.18. The number of rotatable bonds is 11. The second kappa shape index (κ2) is 16.9. The number of likely N-dealkylation sites (tertiary alicyclic amines) is 1. The van der Waals surface area contributed by atoms with Crippen LogP contribution in [0.25, 0.3) is 0 Å². The van der Waals surface area contributed by atoms with Gasteiger partial charge >= 0.3 is 37.0 Å². The summed E-state index contributed by atoms with van der Waals surface area (Å²) in [5.41, 5.74) is -1.04. The van der Waals surface area contributed by atoms with Crippen molar-refractivity contribution in [1.82, 2.24) is 20.0 Å². The molecule has 6 aliphatic rings. The van der Waals surface area contributed by atoms with E-state index in [1.807, 2.05) is 6.07 Å². The van der Waals surface area contributed by atoms with Crippen molar-refractivity contribution in [3.63, 3.8) is 0 Å². The van der Waals surface area contributed by atoms with Gasteiger partial charge in [-0.15, -0.1) is 0 Å². The third-order valence-corrected chi connectivity index (χ3v) is 13.4. The molecule has 5 amide bonds. The van der Waals surface area contributed by atoms with Crippen LogP contribution in [-0.2, 0) is 39.6 Å². The molecule has 3 saturated heterocycles. The first-order valence-electron chi connectivity index (χ1n) is 21.6. The van der Waals surface area contributed by atoms with Crippen molar-refractivity contribution >= 4 is 42.8 Å². The highest BCUT2D eigenvalue weighted by Crippen LogP contribution is 2.66. The Morgan fingerprint density at radius 1 is 0.933 bits per heavy atom. The molecule has 3 aliphatic carbocycles. The molecule has 3 aliphatic heterocycles. The number of Topliss-reactive ketones (excluding diaryl/α,β-unsaturated/α-hetero) is 1. The molecule has 0 spiro atoms. The number of nitrogens with zero attached hydrogens (tertiary/aromatic N) is 3. The summed E-state index contributed by atoms with van der Waals surface area (Å²) >= 11 is 0. The lowest BCUT2D eigenvalue weighted by Crippen LogP contribution is -2.65. The summed E-state index contributed by atoms with van der Waals surface area (Å²) in [4.78, 5) is 85.2. The van der Waals surface area contributed by atoms with Crippen LogP contribution >= 0.6 is 0 Å². The fourth-order valence-electron chi connectivity index (χ4n) is 10.1. The van der Waals surface area contributed by atoms with Crippen LogP contribution in [0.1, 0.15) is 117 Å². The van der Waals surface area contributed by atoms with Crippen LogP contribution in [0.2, 0.25) is 5.82 Å². The summed E-state index contributed by atoms with van der Waals surface area (Å²) in [6, 6.07) is 3.34. The first-order valence-corrected chi connectivity index (χ1v) is 21.6. The van der Waals surface area contributed by atoms with Crippen LogP contribution in [-0.4, -0.2) is 126 Å². The SMILES string of the molecule is CCN1CCN(C(=O)NC(C(=O)C[C@@H](Cc2cccc(C(=O)OC(C)(C)C)c2OC)B2O[C@@H]3C[C@@H]4C[C@@H](C4(C)C)[C@]3(C)O2)C2CCN(C(=O)OC(C)(C)C)CC2)C(=O)C1=O. The molecule has 0 radical (unpaired) electrons.